The Morgan fingerprint density at radius 2 is 2.00 bits per heavy atom. The first kappa shape index (κ1) is 13.0. The lowest BCUT2D eigenvalue weighted by Gasteiger charge is -2.35. The molecule has 0 amide bonds. The minimum Gasteiger partial charge on any atom is -0.315 e. The molecule has 0 aromatic heterocycles. The molecule has 1 aliphatic rings. The molecule has 90 valence electrons. The van der Waals surface area contributed by atoms with Crippen molar-refractivity contribution in [1.29, 1.82) is 0 Å². The highest BCUT2D eigenvalue weighted by Crippen LogP contribution is 2.20. The molecule has 2 heteroatoms. The van der Waals surface area contributed by atoms with Crippen molar-refractivity contribution in [2.24, 2.45) is 5.92 Å². The fraction of sp³-hybridized carbons (Fsp3) is 1.00. The summed E-state index contributed by atoms with van der Waals surface area (Å²) >= 11 is 0. The van der Waals surface area contributed by atoms with Gasteiger partial charge in [-0.05, 0) is 52.1 Å². The van der Waals surface area contributed by atoms with Gasteiger partial charge in [-0.2, -0.15) is 0 Å². The van der Waals surface area contributed by atoms with Crippen molar-refractivity contribution in [3.8, 4) is 0 Å². The van der Waals surface area contributed by atoms with E-state index < -0.39 is 0 Å². The zero-order valence-electron chi connectivity index (χ0n) is 10.9. The standard InChI is InChI=1S/C13H28N2/c1-11(2)14-8-7-13-6-5-9-15(10-13)12(3)4/h11-14H,5-10H2,1-4H3. The van der Waals surface area contributed by atoms with E-state index in [1.54, 1.807) is 0 Å². The number of hydrogen-bond acceptors (Lipinski definition) is 2. The quantitative estimate of drug-likeness (QED) is 0.753. The largest absolute Gasteiger partial charge is 0.315 e. The molecule has 1 fully saturated rings. The predicted molar refractivity (Wildman–Crippen MR) is 67.2 cm³/mol. The van der Waals surface area contributed by atoms with Crippen molar-refractivity contribution in [3.63, 3.8) is 0 Å². The van der Waals surface area contributed by atoms with Gasteiger partial charge in [-0.15, -0.1) is 0 Å². The van der Waals surface area contributed by atoms with Crippen LogP contribution in [0.1, 0.15) is 47.0 Å². The highest BCUT2D eigenvalue weighted by atomic mass is 15.2. The SMILES string of the molecule is CC(C)NCCC1CCCN(C(C)C)C1. The van der Waals surface area contributed by atoms with Crippen molar-refractivity contribution < 1.29 is 0 Å². The van der Waals surface area contributed by atoms with E-state index in [9.17, 15) is 0 Å². The normalized spacial score (nSPS) is 24.0. The van der Waals surface area contributed by atoms with Gasteiger partial charge in [0, 0.05) is 18.6 Å². The summed E-state index contributed by atoms with van der Waals surface area (Å²) in [4.78, 5) is 2.63. The van der Waals surface area contributed by atoms with Crippen LogP contribution >= 0.6 is 0 Å². The number of piperidine rings is 1. The van der Waals surface area contributed by atoms with Crippen LogP contribution in [-0.4, -0.2) is 36.6 Å². The van der Waals surface area contributed by atoms with Gasteiger partial charge in [0.2, 0.25) is 0 Å². The summed E-state index contributed by atoms with van der Waals surface area (Å²) in [6.45, 7) is 12.9. The van der Waals surface area contributed by atoms with Crippen LogP contribution in [0.3, 0.4) is 0 Å². The van der Waals surface area contributed by atoms with E-state index in [4.69, 9.17) is 0 Å². The summed E-state index contributed by atoms with van der Waals surface area (Å²) < 4.78 is 0. The van der Waals surface area contributed by atoms with Crippen LogP contribution in [0.4, 0.5) is 0 Å². The van der Waals surface area contributed by atoms with E-state index in [2.05, 4.69) is 37.9 Å². The van der Waals surface area contributed by atoms with Gasteiger partial charge in [0.15, 0.2) is 0 Å². The van der Waals surface area contributed by atoms with Crippen molar-refractivity contribution in [1.82, 2.24) is 10.2 Å². The predicted octanol–water partition coefficient (Wildman–Crippen LogP) is 2.49. The summed E-state index contributed by atoms with van der Waals surface area (Å²) in [7, 11) is 0. The third-order valence-electron chi connectivity index (χ3n) is 3.39. The first-order chi connectivity index (χ1) is 7.09. The average Bonchev–Trinajstić information content (AvgIpc) is 2.17. The highest BCUT2D eigenvalue weighted by Gasteiger charge is 2.20. The fourth-order valence-electron chi connectivity index (χ4n) is 2.38. The molecule has 1 rings (SSSR count). The molecule has 0 bridgehead atoms. The molecule has 15 heavy (non-hydrogen) atoms. The summed E-state index contributed by atoms with van der Waals surface area (Å²) in [5, 5.41) is 3.52. The molecule has 1 unspecified atom stereocenters. The van der Waals surface area contributed by atoms with Crippen LogP contribution in [0, 0.1) is 5.92 Å². The summed E-state index contributed by atoms with van der Waals surface area (Å²) in [5.74, 6) is 0.924. The smallest absolute Gasteiger partial charge is 0.00387 e. The van der Waals surface area contributed by atoms with Crippen LogP contribution in [0.2, 0.25) is 0 Å². The minimum atomic E-state index is 0.634. The fourth-order valence-corrected chi connectivity index (χ4v) is 2.38. The van der Waals surface area contributed by atoms with Crippen molar-refractivity contribution in [3.05, 3.63) is 0 Å². The monoisotopic (exact) mass is 212 g/mol. The molecule has 1 atom stereocenters. The number of rotatable bonds is 5. The molecule has 0 radical (unpaired) electrons. The Balaban J connectivity index is 2.18. The summed E-state index contributed by atoms with van der Waals surface area (Å²) in [6.07, 6.45) is 4.18. The Morgan fingerprint density at radius 3 is 2.60 bits per heavy atom. The number of likely N-dealkylation sites (tertiary alicyclic amines) is 1. The summed E-state index contributed by atoms with van der Waals surface area (Å²) in [5.41, 5.74) is 0. The summed E-state index contributed by atoms with van der Waals surface area (Å²) in [6, 6.07) is 1.36. The maximum atomic E-state index is 3.52. The van der Waals surface area contributed by atoms with Gasteiger partial charge in [-0.1, -0.05) is 13.8 Å². The molecule has 0 aromatic carbocycles. The Labute approximate surface area is 95.4 Å². The molecule has 1 saturated heterocycles. The number of nitrogens with one attached hydrogen (secondary N) is 1. The maximum Gasteiger partial charge on any atom is 0.00387 e. The van der Waals surface area contributed by atoms with Crippen LogP contribution in [0.15, 0.2) is 0 Å². The second kappa shape index (κ2) is 6.49. The van der Waals surface area contributed by atoms with E-state index in [-0.39, 0.29) is 0 Å². The zero-order valence-corrected chi connectivity index (χ0v) is 10.9. The topological polar surface area (TPSA) is 15.3 Å². The molecular weight excluding hydrogens is 184 g/mol. The Hall–Kier alpha value is -0.0800. The van der Waals surface area contributed by atoms with Crippen LogP contribution in [0.5, 0.6) is 0 Å². The highest BCUT2D eigenvalue weighted by molar-refractivity contribution is 4.75. The van der Waals surface area contributed by atoms with Crippen molar-refractivity contribution in [2.45, 2.75) is 59.0 Å². The Kier molecular flexibility index (Phi) is 5.62. The lowest BCUT2D eigenvalue weighted by Crippen LogP contribution is -2.40. The molecule has 1 N–H and O–H groups in total. The van der Waals surface area contributed by atoms with Gasteiger partial charge >= 0.3 is 0 Å². The van der Waals surface area contributed by atoms with Gasteiger partial charge in [0.1, 0.15) is 0 Å². The van der Waals surface area contributed by atoms with E-state index in [1.165, 1.54) is 38.9 Å². The molecule has 2 nitrogen and oxygen atoms in total. The van der Waals surface area contributed by atoms with Crippen LogP contribution < -0.4 is 5.32 Å². The van der Waals surface area contributed by atoms with Crippen LogP contribution in [0.25, 0.3) is 0 Å². The van der Waals surface area contributed by atoms with Gasteiger partial charge < -0.3 is 10.2 Å². The molecule has 1 heterocycles. The zero-order chi connectivity index (χ0) is 11.3. The third kappa shape index (κ3) is 4.98. The Morgan fingerprint density at radius 1 is 1.27 bits per heavy atom. The second-order valence-electron chi connectivity index (χ2n) is 5.49. The number of hydrogen-bond donors (Lipinski definition) is 1. The van der Waals surface area contributed by atoms with Crippen molar-refractivity contribution in [2.75, 3.05) is 19.6 Å². The molecule has 0 saturated carbocycles. The lowest BCUT2D eigenvalue weighted by atomic mass is 9.94. The minimum absolute atomic E-state index is 0.634. The van der Waals surface area contributed by atoms with Crippen LogP contribution in [-0.2, 0) is 0 Å². The Bertz CT molecular complexity index is 166. The maximum absolute atomic E-state index is 3.52. The molecule has 0 spiro atoms. The van der Waals surface area contributed by atoms with Gasteiger partial charge in [0.05, 0.1) is 0 Å². The third-order valence-corrected chi connectivity index (χ3v) is 3.39. The molecule has 0 aliphatic carbocycles. The van der Waals surface area contributed by atoms with Gasteiger partial charge in [-0.25, -0.2) is 0 Å². The number of nitrogens with zero attached hydrogens (tertiary/aromatic N) is 1. The molecule has 1 aliphatic heterocycles. The van der Waals surface area contributed by atoms with E-state index >= 15 is 0 Å². The first-order valence-corrected chi connectivity index (χ1v) is 6.57. The van der Waals surface area contributed by atoms with Gasteiger partial charge in [-0.3, -0.25) is 0 Å². The molecular formula is C13H28N2. The first-order valence-electron chi connectivity index (χ1n) is 6.57. The van der Waals surface area contributed by atoms with Gasteiger partial charge in [0.25, 0.3) is 0 Å². The molecule has 0 aromatic rings. The van der Waals surface area contributed by atoms with E-state index in [1.807, 2.05) is 0 Å². The average molecular weight is 212 g/mol. The second-order valence-corrected chi connectivity index (χ2v) is 5.49. The van der Waals surface area contributed by atoms with E-state index in [0.29, 0.717) is 6.04 Å². The van der Waals surface area contributed by atoms with E-state index in [0.717, 1.165) is 12.0 Å². The lowest BCUT2D eigenvalue weighted by molar-refractivity contribution is 0.135. The van der Waals surface area contributed by atoms with Crippen molar-refractivity contribution >= 4 is 0 Å².